The molecule has 8 nitrogen and oxygen atoms in total. The zero-order valence-corrected chi connectivity index (χ0v) is 11.9. The lowest BCUT2D eigenvalue weighted by atomic mass is 10.2. The van der Waals surface area contributed by atoms with Crippen LogP contribution in [-0.2, 0) is 9.84 Å². The Balaban J connectivity index is 1.94. The maximum Gasteiger partial charge on any atom is 0.271 e. The van der Waals surface area contributed by atoms with Gasteiger partial charge < -0.3 is 10.3 Å². The number of H-pyrrole nitrogens is 1. The van der Waals surface area contributed by atoms with Gasteiger partial charge in [0, 0.05) is 12.1 Å². The van der Waals surface area contributed by atoms with Gasteiger partial charge in [0.2, 0.25) is 15.0 Å². The molecule has 0 aliphatic carbocycles. The van der Waals surface area contributed by atoms with Crippen LogP contribution in [0.2, 0.25) is 0 Å². The van der Waals surface area contributed by atoms with Gasteiger partial charge in [0.1, 0.15) is 0 Å². The molecule has 1 fully saturated rings. The zero-order chi connectivity index (χ0) is 15.0. The molecule has 1 aliphatic rings. The number of nitrogens with one attached hydrogen (secondary N) is 2. The number of aromatic nitrogens is 2. The van der Waals surface area contributed by atoms with E-state index in [1.807, 2.05) is 0 Å². The first-order valence-corrected chi connectivity index (χ1v) is 8.18. The minimum atomic E-state index is -3.52. The normalized spacial score (nSPS) is 19.1. The first kappa shape index (κ1) is 14.0. The summed E-state index contributed by atoms with van der Waals surface area (Å²) in [7, 11) is -3.52. The lowest BCUT2D eigenvalue weighted by Crippen LogP contribution is -2.19. The van der Waals surface area contributed by atoms with Crippen molar-refractivity contribution in [1.82, 2.24) is 15.3 Å². The van der Waals surface area contributed by atoms with Crippen molar-refractivity contribution in [1.29, 1.82) is 0 Å². The van der Waals surface area contributed by atoms with Gasteiger partial charge in [-0.05, 0) is 31.5 Å². The quantitative estimate of drug-likeness (QED) is 0.638. The summed E-state index contributed by atoms with van der Waals surface area (Å²) < 4.78 is 24.6. The molecule has 0 unspecified atom stereocenters. The second-order valence-corrected chi connectivity index (χ2v) is 7.09. The van der Waals surface area contributed by atoms with Crippen LogP contribution in [-0.4, -0.2) is 42.2 Å². The number of fused-ring (bicyclic) bond motifs is 1. The molecule has 112 valence electrons. The molecule has 1 aliphatic heterocycles. The van der Waals surface area contributed by atoms with Gasteiger partial charge in [0.15, 0.2) is 0 Å². The van der Waals surface area contributed by atoms with Crippen LogP contribution in [0.15, 0.2) is 23.4 Å². The molecule has 21 heavy (non-hydrogen) atoms. The predicted octanol–water partition coefficient (Wildman–Crippen LogP) is 0.854. The van der Waals surface area contributed by atoms with Crippen molar-refractivity contribution < 1.29 is 13.3 Å². The molecule has 1 atom stereocenters. The van der Waals surface area contributed by atoms with Gasteiger partial charge in [0.25, 0.3) is 5.69 Å². The molecular weight excluding hydrogens is 296 g/mol. The van der Waals surface area contributed by atoms with Crippen LogP contribution < -0.4 is 5.32 Å². The standard InChI is InChI=1S/C12H14N4O4S/c17-16(18)9-1-2-10-11(5-9)15-12(14-10)21(19,20)7-8-3-4-13-6-8/h1-2,5,8,13H,3-4,6-7H2,(H,14,15)/t8-/m1/s1. The van der Waals surface area contributed by atoms with Crippen LogP contribution in [0.5, 0.6) is 0 Å². The minimum Gasteiger partial charge on any atom is -0.329 e. The highest BCUT2D eigenvalue weighted by Crippen LogP contribution is 2.22. The van der Waals surface area contributed by atoms with E-state index in [0.29, 0.717) is 17.6 Å². The molecule has 0 saturated carbocycles. The number of benzene rings is 1. The summed E-state index contributed by atoms with van der Waals surface area (Å²) >= 11 is 0. The number of nitro groups is 1. The monoisotopic (exact) mass is 310 g/mol. The van der Waals surface area contributed by atoms with E-state index in [9.17, 15) is 18.5 Å². The SMILES string of the molecule is O=[N+]([O-])c1ccc2nc(S(=O)(=O)C[C@@H]3CCNC3)[nH]c2c1. The fraction of sp³-hybridized carbons (Fsp3) is 0.417. The summed E-state index contributed by atoms with van der Waals surface area (Å²) in [6.07, 6.45) is 0.824. The molecule has 0 spiro atoms. The van der Waals surface area contributed by atoms with Gasteiger partial charge in [-0.1, -0.05) is 0 Å². The Kier molecular flexibility index (Phi) is 3.38. The molecule has 9 heteroatoms. The Labute approximate surface area is 120 Å². The van der Waals surface area contributed by atoms with Gasteiger partial charge >= 0.3 is 0 Å². The van der Waals surface area contributed by atoms with Crippen LogP contribution in [0.3, 0.4) is 0 Å². The lowest BCUT2D eigenvalue weighted by molar-refractivity contribution is -0.384. The summed E-state index contributed by atoms with van der Waals surface area (Å²) in [6.45, 7) is 1.51. The molecule has 0 bridgehead atoms. The predicted molar refractivity (Wildman–Crippen MR) is 75.8 cm³/mol. The summed E-state index contributed by atoms with van der Waals surface area (Å²) in [5.41, 5.74) is 0.658. The number of imidazole rings is 1. The number of hydrogen-bond donors (Lipinski definition) is 2. The number of hydrogen-bond acceptors (Lipinski definition) is 6. The van der Waals surface area contributed by atoms with E-state index in [0.717, 1.165) is 13.0 Å². The molecule has 1 saturated heterocycles. The van der Waals surface area contributed by atoms with Crippen LogP contribution in [0, 0.1) is 16.0 Å². The van der Waals surface area contributed by atoms with Crippen molar-refractivity contribution in [3.05, 3.63) is 28.3 Å². The second-order valence-electron chi connectivity index (χ2n) is 5.14. The van der Waals surface area contributed by atoms with Crippen molar-refractivity contribution >= 4 is 26.6 Å². The molecule has 1 aromatic carbocycles. The van der Waals surface area contributed by atoms with E-state index in [1.165, 1.54) is 18.2 Å². The number of aromatic amines is 1. The van der Waals surface area contributed by atoms with E-state index in [-0.39, 0.29) is 22.5 Å². The number of nitrogens with zero attached hydrogens (tertiary/aromatic N) is 2. The number of rotatable bonds is 4. The van der Waals surface area contributed by atoms with Gasteiger partial charge in [-0.3, -0.25) is 10.1 Å². The molecule has 2 heterocycles. The molecule has 3 rings (SSSR count). The molecule has 1 aromatic heterocycles. The second kappa shape index (κ2) is 5.08. The summed E-state index contributed by atoms with van der Waals surface area (Å²) in [5, 5.41) is 13.7. The first-order valence-electron chi connectivity index (χ1n) is 6.53. The van der Waals surface area contributed by atoms with Crippen LogP contribution >= 0.6 is 0 Å². The van der Waals surface area contributed by atoms with Crippen molar-refractivity contribution in [3.8, 4) is 0 Å². The zero-order valence-electron chi connectivity index (χ0n) is 11.1. The van der Waals surface area contributed by atoms with Gasteiger partial charge in [-0.25, -0.2) is 13.4 Å². The fourth-order valence-electron chi connectivity index (χ4n) is 2.48. The Morgan fingerprint density at radius 1 is 1.43 bits per heavy atom. The van der Waals surface area contributed by atoms with Crippen LogP contribution in [0.25, 0.3) is 11.0 Å². The summed E-state index contributed by atoms with van der Waals surface area (Å²) in [4.78, 5) is 16.9. The maximum atomic E-state index is 12.3. The van der Waals surface area contributed by atoms with E-state index in [4.69, 9.17) is 0 Å². The minimum absolute atomic E-state index is 0.0297. The average molecular weight is 310 g/mol. The molecule has 0 amide bonds. The third-order valence-corrected chi connectivity index (χ3v) is 5.26. The maximum absolute atomic E-state index is 12.3. The molecule has 2 N–H and O–H groups in total. The Bertz CT molecular complexity index is 793. The highest BCUT2D eigenvalue weighted by Gasteiger charge is 2.26. The van der Waals surface area contributed by atoms with Crippen molar-refractivity contribution in [2.24, 2.45) is 5.92 Å². The topological polar surface area (TPSA) is 118 Å². The molecule has 0 radical (unpaired) electrons. The third kappa shape index (κ3) is 2.74. The number of sulfone groups is 1. The van der Waals surface area contributed by atoms with E-state index in [1.54, 1.807) is 0 Å². The Morgan fingerprint density at radius 2 is 2.24 bits per heavy atom. The largest absolute Gasteiger partial charge is 0.329 e. The fourth-order valence-corrected chi connectivity index (χ4v) is 4.05. The summed E-state index contributed by atoms with van der Waals surface area (Å²) in [5.74, 6) is 0.111. The Hall–Kier alpha value is -2.00. The van der Waals surface area contributed by atoms with Crippen LogP contribution in [0.4, 0.5) is 5.69 Å². The van der Waals surface area contributed by atoms with E-state index >= 15 is 0 Å². The van der Waals surface area contributed by atoms with Gasteiger partial charge in [-0.2, -0.15) is 0 Å². The highest BCUT2D eigenvalue weighted by molar-refractivity contribution is 7.91. The highest BCUT2D eigenvalue weighted by atomic mass is 32.2. The Morgan fingerprint density at radius 3 is 2.90 bits per heavy atom. The molecular formula is C12H14N4O4S. The van der Waals surface area contributed by atoms with E-state index < -0.39 is 14.8 Å². The lowest BCUT2D eigenvalue weighted by Gasteiger charge is -2.06. The summed E-state index contributed by atoms with van der Waals surface area (Å²) in [6, 6.07) is 4.04. The van der Waals surface area contributed by atoms with Crippen LogP contribution in [0.1, 0.15) is 6.42 Å². The van der Waals surface area contributed by atoms with Gasteiger partial charge in [-0.15, -0.1) is 0 Å². The van der Waals surface area contributed by atoms with Crippen molar-refractivity contribution in [2.45, 2.75) is 11.6 Å². The van der Waals surface area contributed by atoms with Gasteiger partial charge in [0.05, 0.1) is 21.7 Å². The number of non-ortho nitro benzene ring substituents is 1. The van der Waals surface area contributed by atoms with Crippen molar-refractivity contribution in [3.63, 3.8) is 0 Å². The third-order valence-electron chi connectivity index (χ3n) is 3.57. The van der Waals surface area contributed by atoms with E-state index in [2.05, 4.69) is 15.3 Å². The smallest absolute Gasteiger partial charge is 0.271 e. The molecule has 2 aromatic rings. The van der Waals surface area contributed by atoms with Crippen molar-refractivity contribution in [2.75, 3.05) is 18.8 Å². The first-order chi connectivity index (χ1) is 9.95. The number of nitro benzene ring substituents is 1. The average Bonchev–Trinajstić information content (AvgIpc) is 3.05.